The zero-order valence-electron chi connectivity index (χ0n) is 9.92. The molecule has 0 aliphatic rings. The maximum Gasteiger partial charge on any atom is 0.263 e. The number of nitrogens with zero attached hydrogens (tertiary/aromatic N) is 2. The minimum Gasteiger partial charge on any atom is -0.326 e. The molecule has 0 bridgehead atoms. The molecule has 0 unspecified atom stereocenters. The summed E-state index contributed by atoms with van der Waals surface area (Å²) in [6, 6.07) is 2.46. The Hall–Kier alpha value is -1.58. The summed E-state index contributed by atoms with van der Waals surface area (Å²) in [5, 5.41) is 7.27. The van der Waals surface area contributed by atoms with Gasteiger partial charge in [-0.25, -0.2) is 12.8 Å². The third-order valence-corrected chi connectivity index (χ3v) is 4.47. The molecule has 1 aromatic heterocycles. The molecule has 0 saturated heterocycles. The summed E-state index contributed by atoms with van der Waals surface area (Å²) in [5.74, 6) is -0.489. The number of benzene rings is 1. The van der Waals surface area contributed by atoms with E-state index >= 15 is 0 Å². The van der Waals surface area contributed by atoms with E-state index in [1.54, 1.807) is 0 Å². The van der Waals surface area contributed by atoms with Crippen LogP contribution in [0.3, 0.4) is 0 Å². The van der Waals surface area contributed by atoms with Crippen molar-refractivity contribution in [2.24, 2.45) is 5.73 Å². The quantitative estimate of drug-likeness (QED) is 0.885. The van der Waals surface area contributed by atoms with E-state index in [0.29, 0.717) is 0 Å². The second kappa shape index (κ2) is 5.19. The first kappa shape index (κ1) is 13.8. The zero-order valence-corrected chi connectivity index (χ0v) is 11.6. The van der Waals surface area contributed by atoms with Gasteiger partial charge in [0.05, 0.1) is 4.90 Å². The summed E-state index contributed by atoms with van der Waals surface area (Å²) in [6.07, 6.45) is 0. The summed E-state index contributed by atoms with van der Waals surface area (Å²) in [7, 11) is -3.82. The largest absolute Gasteiger partial charge is 0.326 e. The number of nitrogens with one attached hydrogen (secondary N) is 1. The van der Waals surface area contributed by atoms with E-state index in [-0.39, 0.29) is 27.7 Å². The highest BCUT2D eigenvalue weighted by Crippen LogP contribution is 2.21. The Morgan fingerprint density at radius 1 is 1.47 bits per heavy atom. The molecule has 6 nitrogen and oxygen atoms in total. The second-order valence-electron chi connectivity index (χ2n) is 3.77. The van der Waals surface area contributed by atoms with Gasteiger partial charge in [-0.2, -0.15) is 0 Å². The predicted octanol–water partition coefficient (Wildman–Crippen LogP) is 1.25. The number of nitrogens with two attached hydrogens (primary N) is 1. The molecular formula is C10H11FN4O2S2. The first-order chi connectivity index (χ1) is 8.94. The molecule has 19 heavy (non-hydrogen) atoms. The van der Waals surface area contributed by atoms with Crippen LogP contribution in [0.2, 0.25) is 0 Å². The van der Waals surface area contributed by atoms with Crippen LogP contribution in [0.25, 0.3) is 0 Å². The van der Waals surface area contributed by atoms with Crippen LogP contribution in [-0.4, -0.2) is 18.6 Å². The summed E-state index contributed by atoms with van der Waals surface area (Å²) in [4.78, 5) is -0.0537. The van der Waals surface area contributed by atoms with Gasteiger partial charge in [0.25, 0.3) is 10.0 Å². The Bertz CT molecular complexity index is 686. The number of aromatic nitrogens is 2. The fourth-order valence-electron chi connectivity index (χ4n) is 1.50. The summed E-state index contributed by atoms with van der Waals surface area (Å²) >= 11 is 1.05. The van der Waals surface area contributed by atoms with Gasteiger partial charge in [-0.1, -0.05) is 11.3 Å². The van der Waals surface area contributed by atoms with Crippen molar-refractivity contribution in [3.8, 4) is 0 Å². The van der Waals surface area contributed by atoms with Crippen molar-refractivity contribution in [1.82, 2.24) is 10.2 Å². The Balaban J connectivity index is 2.43. The fourth-order valence-corrected chi connectivity index (χ4v) is 3.33. The molecule has 9 heteroatoms. The molecule has 0 spiro atoms. The molecule has 0 fully saturated rings. The van der Waals surface area contributed by atoms with Gasteiger partial charge in [-0.15, -0.1) is 10.2 Å². The molecule has 0 aliphatic carbocycles. The lowest BCUT2D eigenvalue weighted by Gasteiger charge is -2.09. The van der Waals surface area contributed by atoms with Crippen LogP contribution in [0.15, 0.2) is 22.5 Å². The molecule has 2 rings (SSSR count). The van der Waals surface area contributed by atoms with Crippen molar-refractivity contribution in [3.63, 3.8) is 0 Å². The third kappa shape index (κ3) is 2.88. The van der Waals surface area contributed by atoms with Crippen molar-refractivity contribution in [2.75, 3.05) is 4.72 Å². The fraction of sp³-hybridized carbons (Fsp3) is 0.200. The van der Waals surface area contributed by atoms with E-state index in [1.807, 2.05) is 0 Å². The Kier molecular flexibility index (Phi) is 3.78. The minimum absolute atomic E-state index is 0.0537. The second-order valence-corrected chi connectivity index (χ2v) is 6.28. The van der Waals surface area contributed by atoms with Gasteiger partial charge in [0.15, 0.2) is 0 Å². The average Bonchev–Trinajstić information content (AvgIpc) is 2.84. The SMILES string of the molecule is Cc1cc(S(=O)(=O)Nc2nncs2)cc(CN)c1F. The lowest BCUT2D eigenvalue weighted by molar-refractivity contribution is 0.591. The van der Waals surface area contributed by atoms with Gasteiger partial charge in [0.2, 0.25) is 5.13 Å². The van der Waals surface area contributed by atoms with E-state index in [1.165, 1.54) is 24.6 Å². The number of hydrogen-bond acceptors (Lipinski definition) is 6. The van der Waals surface area contributed by atoms with Crippen molar-refractivity contribution in [3.05, 3.63) is 34.6 Å². The van der Waals surface area contributed by atoms with Gasteiger partial charge in [-0.05, 0) is 24.6 Å². The molecule has 3 N–H and O–H groups in total. The molecule has 2 aromatic rings. The van der Waals surface area contributed by atoms with E-state index in [9.17, 15) is 12.8 Å². The predicted molar refractivity (Wildman–Crippen MR) is 69.7 cm³/mol. The highest BCUT2D eigenvalue weighted by Gasteiger charge is 2.19. The van der Waals surface area contributed by atoms with Gasteiger partial charge < -0.3 is 5.73 Å². The molecule has 0 amide bonds. The van der Waals surface area contributed by atoms with E-state index in [4.69, 9.17) is 5.73 Å². The normalized spacial score (nSPS) is 11.5. The van der Waals surface area contributed by atoms with E-state index < -0.39 is 15.8 Å². The molecule has 0 radical (unpaired) electrons. The number of rotatable bonds is 4. The first-order valence-corrected chi connectivity index (χ1v) is 7.58. The molecule has 1 aromatic carbocycles. The molecular weight excluding hydrogens is 291 g/mol. The molecule has 0 aliphatic heterocycles. The Labute approximate surface area is 113 Å². The average molecular weight is 302 g/mol. The summed E-state index contributed by atoms with van der Waals surface area (Å²) in [5.41, 5.74) is 7.17. The molecule has 0 atom stereocenters. The Morgan fingerprint density at radius 3 is 2.79 bits per heavy atom. The van der Waals surface area contributed by atoms with Crippen molar-refractivity contribution in [1.29, 1.82) is 0 Å². The van der Waals surface area contributed by atoms with Crippen LogP contribution in [0, 0.1) is 12.7 Å². The number of halogens is 1. The standard InChI is InChI=1S/C10H11FN4O2S2/c1-6-2-8(3-7(4-12)9(6)11)19(16,17)15-10-14-13-5-18-10/h2-3,5H,4,12H2,1H3,(H,14,15). The Morgan fingerprint density at radius 2 is 2.21 bits per heavy atom. The molecule has 102 valence electrons. The number of anilines is 1. The maximum absolute atomic E-state index is 13.6. The van der Waals surface area contributed by atoms with Crippen molar-refractivity contribution in [2.45, 2.75) is 18.4 Å². The van der Waals surface area contributed by atoms with Crippen LogP contribution < -0.4 is 10.5 Å². The number of hydrogen-bond donors (Lipinski definition) is 2. The van der Waals surface area contributed by atoms with Gasteiger partial charge in [0, 0.05) is 12.1 Å². The highest BCUT2D eigenvalue weighted by molar-refractivity contribution is 7.93. The first-order valence-electron chi connectivity index (χ1n) is 5.22. The van der Waals surface area contributed by atoms with Gasteiger partial charge in [-0.3, -0.25) is 4.72 Å². The van der Waals surface area contributed by atoms with Crippen LogP contribution >= 0.6 is 11.3 Å². The lowest BCUT2D eigenvalue weighted by atomic mass is 10.1. The summed E-state index contributed by atoms with van der Waals surface area (Å²) < 4.78 is 40.1. The van der Waals surface area contributed by atoms with E-state index in [2.05, 4.69) is 14.9 Å². The monoisotopic (exact) mass is 302 g/mol. The maximum atomic E-state index is 13.6. The highest BCUT2D eigenvalue weighted by atomic mass is 32.2. The smallest absolute Gasteiger partial charge is 0.263 e. The minimum atomic E-state index is -3.82. The zero-order chi connectivity index (χ0) is 14.0. The van der Waals surface area contributed by atoms with Crippen LogP contribution in [0.1, 0.15) is 11.1 Å². The topological polar surface area (TPSA) is 98.0 Å². The molecule has 1 heterocycles. The van der Waals surface area contributed by atoms with Crippen LogP contribution in [-0.2, 0) is 16.6 Å². The lowest BCUT2D eigenvalue weighted by Crippen LogP contribution is -2.14. The third-order valence-electron chi connectivity index (χ3n) is 2.42. The number of aryl methyl sites for hydroxylation is 1. The van der Waals surface area contributed by atoms with Gasteiger partial charge >= 0.3 is 0 Å². The van der Waals surface area contributed by atoms with E-state index in [0.717, 1.165) is 11.3 Å². The van der Waals surface area contributed by atoms with Crippen LogP contribution in [0.5, 0.6) is 0 Å². The molecule has 0 saturated carbocycles. The van der Waals surface area contributed by atoms with Gasteiger partial charge in [0.1, 0.15) is 11.3 Å². The van der Waals surface area contributed by atoms with Crippen molar-refractivity contribution >= 4 is 26.5 Å². The van der Waals surface area contributed by atoms with Crippen LogP contribution in [0.4, 0.5) is 9.52 Å². The number of sulfonamides is 1. The summed E-state index contributed by atoms with van der Waals surface area (Å²) in [6.45, 7) is 1.41. The van der Waals surface area contributed by atoms with Crippen molar-refractivity contribution < 1.29 is 12.8 Å².